The summed E-state index contributed by atoms with van der Waals surface area (Å²) in [7, 11) is 0. The Bertz CT molecular complexity index is 410. The molecule has 0 bridgehead atoms. The number of carboxylic acid groups (broad SMARTS) is 1. The molecule has 0 spiro atoms. The minimum Gasteiger partial charge on any atom is -0.480 e. The van der Waals surface area contributed by atoms with Crippen LogP contribution in [0.2, 0.25) is 0 Å². The van der Waals surface area contributed by atoms with Crippen molar-refractivity contribution in [2.24, 2.45) is 0 Å². The van der Waals surface area contributed by atoms with E-state index in [0.717, 1.165) is 0 Å². The minimum atomic E-state index is -4.68. The molecule has 1 heterocycles. The molecule has 0 saturated heterocycles. The molecule has 0 radical (unpaired) electrons. The topological polar surface area (TPSA) is 79.5 Å². The van der Waals surface area contributed by atoms with Crippen LogP contribution in [0, 0.1) is 0 Å². The van der Waals surface area contributed by atoms with Crippen LogP contribution in [0.15, 0.2) is 16.7 Å². The molecule has 0 atom stereocenters. The van der Waals surface area contributed by atoms with Crippen LogP contribution in [0.3, 0.4) is 0 Å². The van der Waals surface area contributed by atoms with E-state index in [2.05, 4.69) is 4.42 Å². The fourth-order valence-corrected chi connectivity index (χ4v) is 0.862. The molecule has 1 rings (SSSR count). The van der Waals surface area contributed by atoms with Gasteiger partial charge in [0.2, 0.25) is 5.76 Å². The second-order valence-corrected chi connectivity index (χ2v) is 2.77. The zero-order valence-corrected chi connectivity index (χ0v) is 7.67. The molecule has 1 aromatic heterocycles. The lowest BCUT2D eigenvalue weighted by Gasteiger charge is -1.99. The lowest BCUT2D eigenvalue weighted by atomic mass is 10.3. The fourth-order valence-electron chi connectivity index (χ4n) is 0.862. The van der Waals surface area contributed by atoms with Crippen LogP contribution >= 0.6 is 0 Å². The summed E-state index contributed by atoms with van der Waals surface area (Å²) in [5, 5.41) is 10.1. The number of furan rings is 1. The molecule has 88 valence electrons. The number of halogens is 3. The Morgan fingerprint density at radius 3 is 2.50 bits per heavy atom. The average molecular weight is 237 g/mol. The standard InChI is InChI=1S/C8H6F3NO4/c9-8(10,11)5-1-4(3-16-5)7(15)12-2-6(13)14/h1,3H,2H2,(H,12,15)(H,13,14). The van der Waals surface area contributed by atoms with Gasteiger partial charge in [0.25, 0.3) is 5.91 Å². The molecule has 5 nitrogen and oxygen atoms in total. The van der Waals surface area contributed by atoms with Gasteiger partial charge in [-0.3, -0.25) is 9.59 Å². The number of nitrogens with one attached hydrogen (secondary N) is 1. The van der Waals surface area contributed by atoms with Gasteiger partial charge in [0.15, 0.2) is 0 Å². The van der Waals surface area contributed by atoms with E-state index < -0.39 is 30.4 Å². The zero-order valence-electron chi connectivity index (χ0n) is 7.67. The Balaban J connectivity index is 2.71. The maximum absolute atomic E-state index is 12.1. The van der Waals surface area contributed by atoms with E-state index in [1.165, 1.54) is 0 Å². The van der Waals surface area contributed by atoms with Gasteiger partial charge in [0.05, 0.1) is 5.56 Å². The van der Waals surface area contributed by atoms with Crippen LogP contribution in [0.4, 0.5) is 13.2 Å². The summed E-state index contributed by atoms with van der Waals surface area (Å²) >= 11 is 0. The molecule has 0 aliphatic carbocycles. The second-order valence-electron chi connectivity index (χ2n) is 2.77. The Morgan fingerprint density at radius 1 is 1.44 bits per heavy atom. The summed E-state index contributed by atoms with van der Waals surface area (Å²) in [5.41, 5.74) is -0.381. The van der Waals surface area contributed by atoms with Gasteiger partial charge < -0.3 is 14.8 Å². The van der Waals surface area contributed by atoms with Gasteiger partial charge in [-0.15, -0.1) is 0 Å². The molecule has 2 N–H and O–H groups in total. The molecular formula is C8H6F3NO4. The summed E-state index contributed by atoms with van der Waals surface area (Å²) in [4.78, 5) is 21.2. The number of alkyl halides is 3. The monoisotopic (exact) mass is 237 g/mol. The van der Waals surface area contributed by atoms with E-state index in [1.807, 2.05) is 5.32 Å². The van der Waals surface area contributed by atoms with Gasteiger partial charge in [-0.05, 0) is 0 Å². The van der Waals surface area contributed by atoms with E-state index in [1.54, 1.807) is 0 Å². The molecule has 0 unspecified atom stereocenters. The molecule has 0 fully saturated rings. The third kappa shape index (κ3) is 3.01. The van der Waals surface area contributed by atoms with Crippen molar-refractivity contribution in [3.63, 3.8) is 0 Å². The Kier molecular flexibility index (Phi) is 3.21. The number of aliphatic carboxylic acids is 1. The Labute approximate surface area is 86.8 Å². The normalized spacial score (nSPS) is 11.2. The zero-order chi connectivity index (χ0) is 12.3. The first-order chi connectivity index (χ1) is 7.30. The SMILES string of the molecule is O=C(O)CNC(=O)c1coc(C(F)(F)F)c1. The number of hydrogen-bond donors (Lipinski definition) is 2. The summed E-state index contributed by atoms with van der Waals surface area (Å²) in [5.74, 6) is -3.55. The number of carbonyl (C=O) groups excluding carboxylic acids is 1. The summed E-state index contributed by atoms with van der Waals surface area (Å²) in [6.07, 6.45) is -4.06. The van der Waals surface area contributed by atoms with E-state index in [9.17, 15) is 22.8 Å². The van der Waals surface area contributed by atoms with Crippen LogP contribution in [0.1, 0.15) is 16.1 Å². The van der Waals surface area contributed by atoms with Crippen molar-refractivity contribution in [1.29, 1.82) is 0 Å². The van der Waals surface area contributed by atoms with Crippen LogP contribution in [-0.2, 0) is 11.0 Å². The highest BCUT2D eigenvalue weighted by atomic mass is 19.4. The van der Waals surface area contributed by atoms with Crippen molar-refractivity contribution in [2.75, 3.05) is 6.54 Å². The highest BCUT2D eigenvalue weighted by molar-refractivity contribution is 5.95. The lowest BCUT2D eigenvalue weighted by Crippen LogP contribution is -2.28. The van der Waals surface area contributed by atoms with Crippen LogP contribution in [-0.4, -0.2) is 23.5 Å². The molecule has 1 aromatic rings. The van der Waals surface area contributed by atoms with Gasteiger partial charge in [0.1, 0.15) is 12.8 Å². The summed E-state index contributed by atoms with van der Waals surface area (Å²) in [6.45, 7) is -0.675. The largest absolute Gasteiger partial charge is 0.480 e. The van der Waals surface area contributed by atoms with Crippen LogP contribution in [0.25, 0.3) is 0 Å². The van der Waals surface area contributed by atoms with Crippen molar-refractivity contribution < 1.29 is 32.3 Å². The third-order valence-electron chi connectivity index (χ3n) is 1.54. The number of carboxylic acids is 1. The molecule has 8 heteroatoms. The van der Waals surface area contributed by atoms with Crippen molar-refractivity contribution >= 4 is 11.9 Å². The number of amides is 1. The minimum absolute atomic E-state index is 0.381. The maximum Gasteiger partial charge on any atom is 0.449 e. The first kappa shape index (κ1) is 12.1. The van der Waals surface area contributed by atoms with E-state index >= 15 is 0 Å². The highest BCUT2D eigenvalue weighted by Crippen LogP contribution is 2.30. The van der Waals surface area contributed by atoms with Gasteiger partial charge in [-0.2, -0.15) is 13.2 Å². The Hall–Kier alpha value is -1.99. The number of hydrogen-bond acceptors (Lipinski definition) is 3. The van der Waals surface area contributed by atoms with Crippen molar-refractivity contribution in [2.45, 2.75) is 6.18 Å². The van der Waals surface area contributed by atoms with Gasteiger partial charge in [0, 0.05) is 6.07 Å². The Morgan fingerprint density at radius 2 is 2.06 bits per heavy atom. The van der Waals surface area contributed by atoms with Crippen molar-refractivity contribution in [3.05, 3.63) is 23.7 Å². The molecule has 0 aliphatic rings. The van der Waals surface area contributed by atoms with Crippen LogP contribution < -0.4 is 5.32 Å². The lowest BCUT2D eigenvalue weighted by molar-refractivity contribution is -0.153. The summed E-state index contributed by atoms with van der Waals surface area (Å²) in [6, 6.07) is 0.497. The predicted molar refractivity (Wildman–Crippen MR) is 43.7 cm³/mol. The maximum atomic E-state index is 12.1. The first-order valence-electron chi connectivity index (χ1n) is 3.96. The quantitative estimate of drug-likeness (QED) is 0.825. The first-order valence-corrected chi connectivity index (χ1v) is 3.96. The number of rotatable bonds is 3. The second kappa shape index (κ2) is 4.25. The third-order valence-corrected chi connectivity index (χ3v) is 1.54. The molecule has 0 saturated carbocycles. The van der Waals surface area contributed by atoms with Gasteiger partial charge in [-0.1, -0.05) is 0 Å². The van der Waals surface area contributed by atoms with Gasteiger partial charge in [-0.25, -0.2) is 0 Å². The molecule has 0 aromatic carbocycles. The van der Waals surface area contributed by atoms with E-state index in [-0.39, 0.29) is 5.56 Å². The predicted octanol–water partition coefficient (Wildman–Crippen LogP) is 1.11. The fraction of sp³-hybridized carbons (Fsp3) is 0.250. The van der Waals surface area contributed by atoms with Gasteiger partial charge >= 0.3 is 12.1 Å². The van der Waals surface area contributed by atoms with Crippen LogP contribution in [0.5, 0.6) is 0 Å². The molecule has 0 aliphatic heterocycles. The van der Waals surface area contributed by atoms with Crippen molar-refractivity contribution in [1.82, 2.24) is 5.32 Å². The summed E-state index contributed by atoms with van der Waals surface area (Å²) < 4.78 is 40.3. The molecular weight excluding hydrogens is 231 g/mol. The molecule has 16 heavy (non-hydrogen) atoms. The van der Waals surface area contributed by atoms with Crippen molar-refractivity contribution in [3.8, 4) is 0 Å². The highest BCUT2D eigenvalue weighted by Gasteiger charge is 2.35. The number of carbonyl (C=O) groups is 2. The molecule has 1 amide bonds. The van der Waals surface area contributed by atoms with E-state index in [0.29, 0.717) is 12.3 Å². The van der Waals surface area contributed by atoms with E-state index in [4.69, 9.17) is 5.11 Å². The average Bonchev–Trinajstić information content (AvgIpc) is 2.61. The smallest absolute Gasteiger partial charge is 0.449 e.